The van der Waals surface area contributed by atoms with Gasteiger partial charge in [-0.1, -0.05) is 31.5 Å². The molecule has 8 heteroatoms. The normalized spacial score (nSPS) is 15.7. The predicted octanol–water partition coefficient (Wildman–Crippen LogP) is 3.36. The molecule has 0 amide bonds. The highest BCUT2D eigenvalue weighted by Gasteiger charge is 2.21. The van der Waals surface area contributed by atoms with Gasteiger partial charge in [0.05, 0.1) is 6.04 Å². The largest absolute Gasteiger partial charge is 0.362 e. The van der Waals surface area contributed by atoms with Gasteiger partial charge in [-0.05, 0) is 29.7 Å². The first-order valence-electron chi connectivity index (χ1n) is 7.46. The zero-order chi connectivity index (χ0) is 14.5. The Hall–Kier alpha value is -1.15. The molecule has 0 atom stereocenters. The first-order chi connectivity index (χ1) is 10.4. The molecule has 1 aliphatic carbocycles. The molecule has 2 aromatic heterocycles. The lowest BCUT2D eigenvalue weighted by Crippen LogP contribution is -2.08. The maximum absolute atomic E-state index is 4.39. The van der Waals surface area contributed by atoms with Gasteiger partial charge < -0.3 is 5.32 Å². The molecule has 0 saturated heterocycles. The third-order valence-electron chi connectivity index (χ3n) is 3.56. The van der Waals surface area contributed by atoms with Gasteiger partial charge >= 0.3 is 0 Å². The van der Waals surface area contributed by atoms with Crippen molar-refractivity contribution in [3.05, 3.63) is 11.1 Å². The first-order valence-corrected chi connectivity index (χ1v) is 9.26. The van der Waals surface area contributed by atoms with Crippen molar-refractivity contribution in [2.24, 2.45) is 0 Å². The number of thiazole rings is 1. The summed E-state index contributed by atoms with van der Waals surface area (Å²) in [6.07, 6.45) is 8.03. The van der Waals surface area contributed by atoms with Crippen LogP contribution in [0.5, 0.6) is 0 Å². The molecule has 1 aliphatic rings. The van der Waals surface area contributed by atoms with E-state index in [2.05, 4.69) is 32.7 Å². The van der Waals surface area contributed by atoms with Crippen molar-refractivity contribution in [3.8, 4) is 0 Å². The van der Waals surface area contributed by atoms with Crippen molar-refractivity contribution in [1.82, 2.24) is 25.2 Å². The van der Waals surface area contributed by atoms with E-state index in [1.165, 1.54) is 30.6 Å². The van der Waals surface area contributed by atoms with Crippen LogP contribution in [0.3, 0.4) is 0 Å². The fraction of sp³-hybridized carbons (Fsp3) is 0.692. The van der Waals surface area contributed by atoms with Gasteiger partial charge in [-0.25, -0.2) is 9.67 Å². The van der Waals surface area contributed by atoms with Crippen LogP contribution < -0.4 is 5.32 Å². The molecular formula is C13H20N6S2. The van der Waals surface area contributed by atoms with Gasteiger partial charge in [0.1, 0.15) is 0 Å². The fourth-order valence-electron chi connectivity index (χ4n) is 2.48. The van der Waals surface area contributed by atoms with Gasteiger partial charge in [-0.3, -0.25) is 0 Å². The maximum atomic E-state index is 4.39. The minimum Gasteiger partial charge on any atom is -0.362 e. The second-order valence-corrected chi connectivity index (χ2v) is 7.25. The molecule has 1 saturated carbocycles. The van der Waals surface area contributed by atoms with Crippen molar-refractivity contribution in [2.75, 3.05) is 11.9 Å². The number of rotatable bonds is 7. The molecule has 0 bridgehead atoms. The average Bonchev–Trinajstić information content (AvgIpc) is 3.22. The quantitative estimate of drug-likeness (QED) is 0.788. The Labute approximate surface area is 132 Å². The van der Waals surface area contributed by atoms with Crippen molar-refractivity contribution < 1.29 is 0 Å². The molecule has 6 nitrogen and oxygen atoms in total. The van der Waals surface area contributed by atoms with Crippen molar-refractivity contribution in [2.45, 2.75) is 56.0 Å². The molecule has 0 aromatic carbocycles. The van der Waals surface area contributed by atoms with Crippen molar-refractivity contribution in [3.63, 3.8) is 0 Å². The smallest absolute Gasteiger partial charge is 0.209 e. The minimum atomic E-state index is 0.491. The Bertz CT molecular complexity index is 561. The molecule has 0 radical (unpaired) electrons. The lowest BCUT2D eigenvalue weighted by atomic mass is 10.3. The number of hydrogen-bond acceptors (Lipinski definition) is 7. The van der Waals surface area contributed by atoms with Crippen LogP contribution in [0, 0.1) is 0 Å². The molecule has 2 heterocycles. The molecule has 0 spiro atoms. The Kier molecular flexibility index (Phi) is 5.08. The van der Waals surface area contributed by atoms with Gasteiger partial charge in [-0.2, -0.15) is 0 Å². The van der Waals surface area contributed by atoms with Crippen LogP contribution in [0.15, 0.2) is 11.4 Å². The van der Waals surface area contributed by atoms with Gasteiger partial charge in [0.25, 0.3) is 0 Å². The lowest BCUT2D eigenvalue weighted by molar-refractivity contribution is 0.423. The Balaban J connectivity index is 1.57. The highest BCUT2D eigenvalue weighted by molar-refractivity contribution is 7.98. The summed E-state index contributed by atoms with van der Waals surface area (Å²) in [5.74, 6) is 0.874. The maximum Gasteiger partial charge on any atom is 0.209 e. The van der Waals surface area contributed by atoms with Gasteiger partial charge in [0, 0.05) is 23.4 Å². The molecule has 1 fully saturated rings. The number of nitrogens with zero attached hydrogens (tertiary/aromatic N) is 5. The molecule has 0 aliphatic heterocycles. The lowest BCUT2D eigenvalue weighted by Gasteiger charge is -2.10. The van der Waals surface area contributed by atoms with Crippen LogP contribution in [0.1, 0.15) is 49.9 Å². The van der Waals surface area contributed by atoms with E-state index in [1.54, 1.807) is 23.1 Å². The van der Waals surface area contributed by atoms with E-state index < -0.39 is 0 Å². The van der Waals surface area contributed by atoms with Gasteiger partial charge in [0.15, 0.2) is 5.13 Å². The van der Waals surface area contributed by atoms with E-state index in [1.807, 2.05) is 10.9 Å². The predicted molar refractivity (Wildman–Crippen MR) is 85.8 cm³/mol. The van der Waals surface area contributed by atoms with Crippen LogP contribution in [-0.2, 0) is 5.75 Å². The third kappa shape index (κ3) is 3.74. The number of aromatic nitrogens is 5. The summed E-state index contributed by atoms with van der Waals surface area (Å²) in [7, 11) is 0. The molecular weight excluding hydrogens is 304 g/mol. The number of tetrazole rings is 1. The second-order valence-electron chi connectivity index (χ2n) is 5.19. The topological polar surface area (TPSA) is 68.5 Å². The Morgan fingerprint density at radius 3 is 3.10 bits per heavy atom. The summed E-state index contributed by atoms with van der Waals surface area (Å²) in [4.78, 5) is 5.64. The van der Waals surface area contributed by atoms with E-state index in [-0.39, 0.29) is 0 Å². The van der Waals surface area contributed by atoms with Crippen LogP contribution >= 0.6 is 23.1 Å². The second kappa shape index (κ2) is 7.22. The number of nitrogens with one attached hydrogen (secondary N) is 1. The molecule has 3 rings (SSSR count). The molecule has 2 aromatic rings. The monoisotopic (exact) mass is 324 g/mol. The first kappa shape index (κ1) is 14.8. The molecule has 1 N–H and O–H groups in total. The van der Waals surface area contributed by atoms with Crippen LogP contribution in [0.25, 0.3) is 0 Å². The zero-order valence-corrected chi connectivity index (χ0v) is 13.8. The summed E-state index contributed by atoms with van der Waals surface area (Å²) in [5, 5.41) is 17.4. The van der Waals surface area contributed by atoms with Crippen LogP contribution in [0.4, 0.5) is 5.13 Å². The molecule has 0 unspecified atom stereocenters. The Morgan fingerprint density at radius 1 is 1.43 bits per heavy atom. The van der Waals surface area contributed by atoms with Crippen LogP contribution in [0.2, 0.25) is 0 Å². The average molecular weight is 324 g/mol. The number of thioether (sulfide) groups is 1. The van der Waals surface area contributed by atoms with E-state index >= 15 is 0 Å². The standard InChI is InChI=1S/C13H20N6S2/c1-2-7-14-12-15-8-11(21-12)9-20-13-16-17-18-19(13)10-5-3-4-6-10/h8,10H,2-7,9H2,1H3,(H,14,15). The van der Waals surface area contributed by atoms with E-state index in [4.69, 9.17) is 0 Å². The minimum absolute atomic E-state index is 0.491. The van der Waals surface area contributed by atoms with Gasteiger partial charge in [0.2, 0.25) is 5.16 Å². The third-order valence-corrected chi connectivity index (χ3v) is 5.68. The van der Waals surface area contributed by atoms with E-state index in [0.717, 1.165) is 29.0 Å². The Morgan fingerprint density at radius 2 is 2.29 bits per heavy atom. The summed E-state index contributed by atoms with van der Waals surface area (Å²) in [5.41, 5.74) is 0. The summed E-state index contributed by atoms with van der Waals surface area (Å²) in [6.45, 7) is 3.13. The molecule has 114 valence electrons. The van der Waals surface area contributed by atoms with E-state index in [9.17, 15) is 0 Å². The zero-order valence-electron chi connectivity index (χ0n) is 12.2. The van der Waals surface area contributed by atoms with Gasteiger partial charge in [-0.15, -0.1) is 16.4 Å². The highest BCUT2D eigenvalue weighted by Crippen LogP contribution is 2.33. The van der Waals surface area contributed by atoms with Crippen LogP contribution in [-0.4, -0.2) is 31.7 Å². The fourth-order valence-corrected chi connectivity index (χ4v) is 4.29. The van der Waals surface area contributed by atoms with Crippen molar-refractivity contribution >= 4 is 28.2 Å². The summed E-state index contributed by atoms with van der Waals surface area (Å²) < 4.78 is 2.01. The summed E-state index contributed by atoms with van der Waals surface area (Å²) >= 11 is 3.41. The SMILES string of the molecule is CCCNc1ncc(CSc2nnnn2C2CCCC2)s1. The number of anilines is 1. The summed E-state index contributed by atoms with van der Waals surface area (Å²) in [6, 6.07) is 0.491. The number of hydrogen-bond donors (Lipinski definition) is 1. The van der Waals surface area contributed by atoms with E-state index in [0.29, 0.717) is 6.04 Å². The molecule has 21 heavy (non-hydrogen) atoms. The highest BCUT2D eigenvalue weighted by atomic mass is 32.2. The van der Waals surface area contributed by atoms with Crippen molar-refractivity contribution in [1.29, 1.82) is 0 Å².